The lowest BCUT2D eigenvalue weighted by Gasteiger charge is -2.53. The second-order valence-corrected chi connectivity index (χ2v) is 10.0. The number of ether oxygens (including phenoxy) is 1. The molecule has 8 nitrogen and oxygen atoms in total. The fourth-order valence-corrected chi connectivity index (χ4v) is 5.41. The summed E-state index contributed by atoms with van der Waals surface area (Å²) in [4.78, 5) is 10.8. The highest BCUT2D eigenvalue weighted by atomic mass is 35.5. The predicted molar refractivity (Wildman–Crippen MR) is 140 cm³/mol. The Bertz CT molecular complexity index is 1220. The smallest absolute Gasteiger partial charge is 0.177 e. The van der Waals surface area contributed by atoms with Gasteiger partial charge < -0.3 is 20.7 Å². The van der Waals surface area contributed by atoms with E-state index in [0.717, 1.165) is 32.0 Å². The van der Waals surface area contributed by atoms with Crippen LogP contribution in [0.4, 0.5) is 11.5 Å². The Hall–Kier alpha value is -2.91. The van der Waals surface area contributed by atoms with Gasteiger partial charge in [-0.2, -0.15) is 0 Å². The summed E-state index contributed by atoms with van der Waals surface area (Å²) in [6.07, 6.45) is 6.22. The van der Waals surface area contributed by atoms with Crippen LogP contribution in [-0.2, 0) is 0 Å². The van der Waals surface area contributed by atoms with Crippen molar-refractivity contribution in [2.75, 3.05) is 36.8 Å². The van der Waals surface area contributed by atoms with Gasteiger partial charge in [-0.05, 0) is 49.7 Å². The van der Waals surface area contributed by atoms with Gasteiger partial charge in [-0.25, -0.2) is 4.98 Å². The molecule has 0 unspecified atom stereocenters. The molecule has 0 bridgehead atoms. The van der Waals surface area contributed by atoms with Gasteiger partial charge in [0.1, 0.15) is 11.6 Å². The highest BCUT2D eigenvalue weighted by Gasteiger charge is 2.43. The third-order valence-electron chi connectivity index (χ3n) is 6.71. The van der Waals surface area contributed by atoms with Crippen molar-refractivity contribution in [1.29, 1.82) is 5.41 Å². The molecule has 2 saturated heterocycles. The van der Waals surface area contributed by atoms with Crippen molar-refractivity contribution in [2.24, 2.45) is 11.1 Å². The van der Waals surface area contributed by atoms with E-state index < -0.39 is 6.23 Å². The second kappa shape index (κ2) is 9.62. The number of nitrogens with zero attached hydrogens (tertiary/aromatic N) is 3. The molecule has 2 fully saturated rings. The zero-order valence-electron chi connectivity index (χ0n) is 19.1. The van der Waals surface area contributed by atoms with Crippen molar-refractivity contribution in [1.82, 2.24) is 15.3 Å². The molecule has 5 rings (SSSR count). The van der Waals surface area contributed by atoms with Crippen LogP contribution in [0, 0.1) is 10.8 Å². The first kappa shape index (κ1) is 23.8. The topological polar surface area (TPSA) is 126 Å². The van der Waals surface area contributed by atoms with Gasteiger partial charge in [0.15, 0.2) is 6.23 Å². The van der Waals surface area contributed by atoms with Crippen molar-refractivity contribution in [3.8, 4) is 5.75 Å². The molecule has 3 aromatic rings. The van der Waals surface area contributed by atoms with Crippen molar-refractivity contribution in [2.45, 2.75) is 19.1 Å². The van der Waals surface area contributed by atoms with Crippen molar-refractivity contribution < 1.29 is 4.74 Å². The number of nitrogens with two attached hydrogens (primary N) is 2. The molecule has 10 heteroatoms. The minimum Gasteiger partial charge on any atom is -0.471 e. The fraction of sp³-hybridized carbons (Fsp3) is 0.320. The Balaban J connectivity index is 1.29. The Kier molecular flexibility index (Phi) is 6.55. The summed E-state index contributed by atoms with van der Waals surface area (Å²) in [5, 5.41) is 12.9. The first-order valence-electron chi connectivity index (χ1n) is 11.5. The van der Waals surface area contributed by atoms with Crippen LogP contribution in [0.3, 0.4) is 0 Å². The lowest BCUT2D eigenvalue weighted by molar-refractivity contribution is 0.156. The van der Waals surface area contributed by atoms with Crippen LogP contribution in [0.5, 0.6) is 5.75 Å². The first-order valence-corrected chi connectivity index (χ1v) is 12.2. The molecular formula is C25H27Cl2N7O. The summed E-state index contributed by atoms with van der Waals surface area (Å²) >= 11 is 12.4. The van der Waals surface area contributed by atoms with E-state index in [0.29, 0.717) is 43.6 Å². The quantitative estimate of drug-likeness (QED) is 0.223. The Morgan fingerprint density at radius 2 is 1.91 bits per heavy atom. The average molecular weight is 512 g/mol. The van der Waals surface area contributed by atoms with Crippen LogP contribution in [-0.4, -0.2) is 41.9 Å². The highest BCUT2D eigenvalue weighted by molar-refractivity contribution is 6.35. The fourth-order valence-electron chi connectivity index (χ4n) is 4.83. The number of anilines is 2. The van der Waals surface area contributed by atoms with Crippen LogP contribution < -0.4 is 26.4 Å². The minimum absolute atomic E-state index is 0.247. The summed E-state index contributed by atoms with van der Waals surface area (Å²) in [6.45, 7) is 4.22. The first-order chi connectivity index (χ1) is 16.8. The van der Waals surface area contributed by atoms with Gasteiger partial charge in [0.05, 0.1) is 15.8 Å². The Morgan fingerprint density at radius 1 is 1.14 bits per heavy atom. The van der Waals surface area contributed by atoms with Gasteiger partial charge in [-0.15, -0.1) is 0 Å². The van der Waals surface area contributed by atoms with E-state index in [1.165, 1.54) is 25.2 Å². The number of pyridine rings is 2. The van der Waals surface area contributed by atoms with E-state index >= 15 is 0 Å². The van der Waals surface area contributed by atoms with E-state index in [1.807, 2.05) is 12.1 Å². The van der Waals surface area contributed by atoms with Crippen LogP contribution in [0.2, 0.25) is 10.0 Å². The molecular weight excluding hydrogens is 485 g/mol. The van der Waals surface area contributed by atoms with Gasteiger partial charge in [0, 0.05) is 66.0 Å². The molecule has 0 radical (unpaired) electrons. The number of nitrogen functional groups attached to an aromatic ring is 1. The highest BCUT2D eigenvalue weighted by Crippen LogP contribution is 2.38. The van der Waals surface area contributed by atoms with Crippen molar-refractivity contribution in [3.63, 3.8) is 0 Å². The predicted octanol–water partition coefficient (Wildman–Crippen LogP) is 4.01. The summed E-state index contributed by atoms with van der Waals surface area (Å²) in [7, 11) is 0. The zero-order chi connectivity index (χ0) is 24.6. The number of halogens is 2. The van der Waals surface area contributed by atoms with Crippen LogP contribution in [0.15, 0.2) is 48.9 Å². The van der Waals surface area contributed by atoms with Crippen molar-refractivity contribution >= 4 is 40.4 Å². The van der Waals surface area contributed by atoms with E-state index in [4.69, 9.17) is 44.8 Å². The number of aromatic nitrogens is 2. The molecule has 0 amide bonds. The lowest BCUT2D eigenvalue weighted by atomic mass is 9.74. The van der Waals surface area contributed by atoms with Crippen LogP contribution in [0.25, 0.3) is 0 Å². The lowest BCUT2D eigenvalue weighted by Crippen LogP contribution is -2.62. The van der Waals surface area contributed by atoms with E-state index in [9.17, 15) is 0 Å². The molecule has 6 N–H and O–H groups in total. The SMILES string of the molecule is N=C(c1ccc(N2CC3(CCCNC3)C2)nc1)c1cc(O[C@H](N)c2c(Cl)cncc2Cl)ccc1N. The monoisotopic (exact) mass is 511 g/mol. The number of benzene rings is 1. The Labute approximate surface area is 214 Å². The molecule has 1 atom stereocenters. The number of nitrogens with one attached hydrogen (secondary N) is 2. The second-order valence-electron chi connectivity index (χ2n) is 9.22. The maximum atomic E-state index is 8.74. The van der Waals surface area contributed by atoms with Crippen molar-refractivity contribution in [3.05, 3.63) is 75.7 Å². The molecule has 35 heavy (non-hydrogen) atoms. The van der Waals surface area contributed by atoms with Gasteiger partial charge >= 0.3 is 0 Å². The van der Waals surface area contributed by atoms with E-state index in [1.54, 1.807) is 24.4 Å². The maximum absolute atomic E-state index is 8.74. The molecule has 1 aromatic carbocycles. The van der Waals surface area contributed by atoms with Gasteiger partial charge in [-0.3, -0.25) is 16.1 Å². The number of hydrogen-bond acceptors (Lipinski definition) is 8. The molecule has 2 aliphatic heterocycles. The standard InChI is InChI=1S/C25H27Cl2N7O/c26-18-10-32-11-19(27)22(18)24(30)35-16-3-4-20(28)17(8-16)23(29)15-2-5-21(33-9-15)34-13-25(14-34)6-1-7-31-12-25/h2-5,8-11,24,29,31H,1,6-7,12-14,28,30H2/t24-/m0/s1. The molecule has 4 heterocycles. The molecule has 2 aliphatic rings. The molecule has 0 aliphatic carbocycles. The normalized spacial score (nSPS) is 17.6. The number of piperidine rings is 1. The Morgan fingerprint density at radius 3 is 2.57 bits per heavy atom. The largest absolute Gasteiger partial charge is 0.471 e. The third-order valence-corrected chi connectivity index (χ3v) is 7.31. The zero-order valence-corrected chi connectivity index (χ0v) is 20.6. The van der Waals surface area contributed by atoms with E-state index in [-0.39, 0.29) is 5.71 Å². The molecule has 2 aromatic heterocycles. The summed E-state index contributed by atoms with van der Waals surface area (Å²) in [6, 6.07) is 8.93. The van der Waals surface area contributed by atoms with Gasteiger partial charge in [-0.1, -0.05) is 23.2 Å². The van der Waals surface area contributed by atoms with Gasteiger partial charge in [0.2, 0.25) is 0 Å². The maximum Gasteiger partial charge on any atom is 0.177 e. The van der Waals surface area contributed by atoms with Crippen LogP contribution in [0.1, 0.15) is 35.8 Å². The summed E-state index contributed by atoms with van der Waals surface area (Å²) in [5.41, 5.74) is 15.1. The van der Waals surface area contributed by atoms with Gasteiger partial charge in [0.25, 0.3) is 0 Å². The minimum atomic E-state index is -0.913. The molecule has 0 saturated carbocycles. The average Bonchev–Trinajstić information content (AvgIpc) is 2.84. The summed E-state index contributed by atoms with van der Waals surface area (Å²) < 4.78 is 5.87. The summed E-state index contributed by atoms with van der Waals surface area (Å²) in [5.74, 6) is 1.37. The molecule has 1 spiro atoms. The van der Waals surface area contributed by atoms with E-state index in [2.05, 4.69) is 20.2 Å². The van der Waals surface area contributed by atoms with Crippen LogP contribution >= 0.6 is 23.2 Å². The number of hydrogen-bond donors (Lipinski definition) is 4. The molecule has 182 valence electrons. The third kappa shape index (κ3) is 4.79. The number of rotatable bonds is 6.